The van der Waals surface area contributed by atoms with Gasteiger partial charge >= 0.3 is 0 Å². The molecule has 2 aliphatic rings. The van der Waals surface area contributed by atoms with Crippen LogP contribution in [0.3, 0.4) is 0 Å². The summed E-state index contributed by atoms with van der Waals surface area (Å²) < 4.78 is 37.2. The molecule has 0 radical (unpaired) electrons. The number of nitrogens with zero attached hydrogens (tertiary/aromatic N) is 1. The third-order valence-electron chi connectivity index (χ3n) is 3.52. The van der Waals surface area contributed by atoms with Crippen LogP contribution in [-0.4, -0.2) is 44.3 Å². The molecule has 3 rings (SSSR count). The summed E-state index contributed by atoms with van der Waals surface area (Å²) in [6.07, 6.45) is -2.42. The number of halogens is 2. The Bertz CT molecular complexity index is 450. The first-order valence-corrected chi connectivity index (χ1v) is 6.38. The molecule has 104 valence electrons. The van der Waals surface area contributed by atoms with Crippen molar-refractivity contribution in [1.82, 2.24) is 10.2 Å². The molecule has 0 amide bonds. The van der Waals surface area contributed by atoms with Crippen molar-refractivity contribution in [2.75, 3.05) is 33.0 Å². The summed E-state index contributed by atoms with van der Waals surface area (Å²) in [7, 11) is 0. The van der Waals surface area contributed by atoms with Gasteiger partial charge in [0.15, 0.2) is 11.5 Å². The van der Waals surface area contributed by atoms with Crippen molar-refractivity contribution in [3.8, 4) is 11.5 Å². The lowest BCUT2D eigenvalue weighted by Crippen LogP contribution is -2.46. The van der Waals surface area contributed by atoms with Crippen LogP contribution in [0.1, 0.15) is 11.6 Å². The maximum Gasteiger partial charge on any atom is 0.258 e. The summed E-state index contributed by atoms with van der Waals surface area (Å²) in [6, 6.07) is 4.19. The van der Waals surface area contributed by atoms with Crippen molar-refractivity contribution in [2.24, 2.45) is 0 Å². The molecule has 6 heteroatoms. The SMILES string of the molecule is FC(F)[C@@H](c1ccc2c(c1)OCO2)N1CCNCC1. The molecule has 1 saturated heterocycles. The van der Waals surface area contributed by atoms with Gasteiger partial charge in [-0.25, -0.2) is 8.78 Å². The quantitative estimate of drug-likeness (QED) is 0.905. The molecule has 19 heavy (non-hydrogen) atoms. The van der Waals surface area contributed by atoms with E-state index in [4.69, 9.17) is 9.47 Å². The molecule has 4 nitrogen and oxygen atoms in total. The standard InChI is InChI=1S/C13H16F2N2O2/c14-13(15)12(17-5-3-16-4-6-17)9-1-2-10-11(7-9)19-8-18-10/h1-2,7,12-13,16H,3-6,8H2/t12-/m1/s1. The minimum absolute atomic E-state index is 0.158. The Kier molecular flexibility index (Phi) is 3.52. The monoisotopic (exact) mass is 270 g/mol. The van der Waals surface area contributed by atoms with Gasteiger partial charge in [-0.1, -0.05) is 6.07 Å². The predicted molar refractivity (Wildman–Crippen MR) is 65.8 cm³/mol. The van der Waals surface area contributed by atoms with Gasteiger partial charge in [-0.3, -0.25) is 4.90 Å². The molecule has 0 bridgehead atoms. The second-order valence-corrected chi connectivity index (χ2v) is 4.68. The van der Waals surface area contributed by atoms with Gasteiger partial charge in [-0.15, -0.1) is 0 Å². The smallest absolute Gasteiger partial charge is 0.258 e. The first-order valence-electron chi connectivity index (χ1n) is 6.38. The van der Waals surface area contributed by atoms with Crippen molar-refractivity contribution in [3.05, 3.63) is 23.8 Å². The van der Waals surface area contributed by atoms with Crippen molar-refractivity contribution in [2.45, 2.75) is 12.5 Å². The minimum Gasteiger partial charge on any atom is -0.454 e. The van der Waals surface area contributed by atoms with E-state index in [1.807, 2.05) is 4.90 Å². The average molecular weight is 270 g/mol. The first kappa shape index (κ1) is 12.6. The van der Waals surface area contributed by atoms with Crippen LogP contribution in [0.4, 0.5) is 8.78 Å². The van der Waals surface area contributed by atoms with Gasteiger partial charge in [0.2, 0.25) is 6.79 Å². The molecule has 1 aromatic carbocycles. The van der Waals surface area contributed by atoms with Crippen molar-refractivity contribution in [1.29, 1.82) is 0 Å². The highest BCUT2D eigenvalue weighted by molar-refractivity contribution is 5.45. The molecule has 1 N–H and O–H groups in total. The largest absolute Gasteiger partial charge is 0.454 e. The highest BCUT2D eigenvalue weighted by Crippen LogP contribution is 2.37. The van der Waals surface area contributed by atoms with E-state index < -0.39 is 12.5 Å². The van der Waals surface area contributed by atoms with E-state index in [-0.39, 0.29) is 6.79 Å². The number of fused-ring (bicyclic) bond motifs is 1. The first-order chi connectivity index (χ1) is 9.25. The molecule has 0 spiro atoms. The van der Waals surface area contributed by atoms with Crippen molar-refractivity contribution < 1.29 is 18.3 Å². The van der Waals surface area contributed by atoms with Gasteiger partial charge in [0, 0.05) is 26.2 Å². The predicted octanol–water partition coefficient (Wildman–Crippen LogP) is 1.63. The lowest BCUT2D eigenvalue weighted by molar-refractivity contribution is 0.0181. The van der Waals surface area contributed by atoms with Crippen LogP contribution in [0.15, 0.2) is 18.2 Å². The fourth-order valence-corrected chi connectivity index (χ4v) is 2.57. The number of benzene rings is 1. The summed E-state index contributed by atoms with van der Waals surface area (Å²) >= 11 is 0. The molecule has 1 aromatic rings. The summed E-state index contributed by atoms with van der Waals surface area (Å²) in [6.45, 7) is 2.90. The van der Waals surface area contributed by atoms with Crippen molar-refractivity contribution >= 4 is 0 Å². The minimum atomic E-state index is -2.42. The molecular formula is C13H16F2N2O2. The van der Waals surface area contributed by atoms with Crippen LogP contribution in [0, 0.1) is 0 Å². The summed E-state index contributed by atoms with van der Waals surface area (Å²) in [5, 5.41) is 3.17. The average Bonchev–Trinajstić information content (AvgIpc) is 2.87. The molecule has 0 aromatic heterocycles. The Balaban J connectivity index is 1.87. The van der Waals surface area contributed by atoms with E-state index in [9.17, 15) is 8.78 Å². The van der Waals surface area contributed by atoms with Gasteiger partial charge in [0.25, 0.3) is 6.43 Å². The van der Waals surface area contributed by atoms with Crippen LogP contribution in [0.5, 0.6) is 11.5 Å². The van der Waals surface area contributed by atoms with Gasteiger partial charge in [-0.05, 0) is 17.7 Å². The normalized spacial score (nSPS) is 20.8. The molecule has 2 aliphatic heterocycles. The Morgan fingerprint density at radius 2 is 1.84 bits per heavy atom. The van der Waals surface area contributed by atoms with E-state index in [1.165, 1.54) is 0 Å². The fraction of sp³-hybridized carbons (Fsp3) is 0.538. The molecule has 2 heterocycles. The molecule has 0 saturated carbocycles. The number of alkyl halides is 2. The number of hydrogen-bond donors (Lipinski definition) is 1. The van der Waals surface area contributed by atoms with E-state index in [0.29, 0.717) is 30.2 Å². The lowest BCUT2D eigenvalue weighted by atomic mass is 10.0. The van der Waals surface area contributed by atoms with Crippen LogP contribution >= 0.6 is 0 Å². The Hall–Kier alpha value is -1.40. The number of piperazine rings is 1. The summed E-state index contributed by atoms with van der Waals surface area (Å²) in [5.74, 6) is 1.18. The maximum absolute atomic E-state index is 13.4. The highest BCUT2D eigenvalue weighted by atomic mass is 19.3. The third-order valence-corrected chi connectivity index (χ3v) is 3.52. The Morgan fingerprint density at radius 3 is 2.58 bits per heavy atom. The van der Waals surface area contributed by atoms with E-state index in [1.54, 1.807) is 18.2 Å². The van der Waals surface area contributed by atoms with Gasteiger partial charge in [-0.2, -0.15) is 0 Å². The third kappa shape index (κ3) is 2.50. The van der Waals surface area contributed by atoms with Gasteiger partial charge in [0.1, 0.15) is 0 Å². The van der Waals surface area contributed by atoms with Crippen LogP contribution in [0.25, 0.3) is 0 Å². The van der Waals surface area contributed by atoms with Gasteiger partial charge in [0.05, 0.1) is 6.04 Å². The molecule has 0 aliphatic carbocycles. The lowest BCUT2D eigenvalue weighted by Gasteiger charge is -2.34. The number of ether oxygens (including phenoxy) is 2. The van der Waals surface area contributed by atoms with Crippen molar-refractivity contribution in [3.63, 3.8) is 0 Å². The molecule has 1 fully saturated rings. The maximum atomic E-state index is 13.4. The summed E-state index contributed by atoms with van der Waals surface area (Å²) in [5.41, 5.74) is 0.584. The zero-order chi connectivity index (χ0) is 13.2. The topological polar surface area (TPSA) is 33.7 Å². The van der Waals surface area contributed by atoms with Gasteiger partial charge < -0.3 is 14.8 Å². The van der Waals surface area contributed by atoms with Crippen LogP contribution in [0.2, 0.25) is 0 Å². The highest BCUT2D eigenvalue weighted by Gasteiger charge is 2.31. The fourth-order valence-electron chi connectivity index (χ4n) is 2.57. The number of rotatable bonds is 3. The second kappa shape index (κ2) is 5.30. The zero-order valence-corrected chi connectivity index (χ0v) is 10.4. The van der Waals surface area contributed by atoms with E-state index >= 15 is 0 Å². The molecule has 1 atom stereocenters. The van der Waals surface area contributed by atoms with E-state index in [0.717, 1.165) is 13.1 Å². The molecule has 0 unspecified atom stereocenters. The van der Waals surface area contributed by atoms with Crippen LogP contribution in [-0.2, 0) is 0 Å². The van der Waals surface area contributed by atoms with E-state index in [2.05, 4.69) is 5.32 Å². The summed E-state index contributed by atoms with van der Waals surface area (Å²) in [4.78, 5) is 1.82. The number of hydrogen-bond acceptors (Lipinski definition) is 4. The second-order valence-electron chi connectivity index (χ2n) is 4.68. The Labute approximate surface area is 110 Å². The van der Waals surface area contributed by atoms with Crippen LogP contribution < -0.4 is 14.8 Å². The number of nitrogens with one attached hydrogen (secondary N) is 1. The Morgan fingerprint density at radius 1 is 1.11 bits per heavy atom. The molecular weight excluding hydrogens is 254 g/mol. The zero-order valence-electron chi connectivity index (χ0n) is 10.4.